The minimum atomic E-state index is 0.335. The zero-order chi connectivity index (χ0) is 15.2. The summed E-state index contributed by atoms with van der Waals surface area (Å²) in [6.07, 6.45) is 2.82. The van der Waals surface area contributed by atoms with Crippen LogP contribution in [-0.4, -0.2) is 11.5 Å². The molecule has 6 heteroatoms. The lowest BCUT2D eigenvalue weighted by molar-refractivity contribution is 0.306. The van der Waals surface area contributed by atoms with Crippen molar-refractivity contribution < 1.29 is 4.74 Å². The number of rotatable bonds is 6. The monoisotopic (exact) mass is 344 g/mol. The Morgan fingerprint density at radius 3 is 2.43 bits per heavy atom. The maximum atomic E-state index is 6.06. The summed E-state index contributed by atoms with van der Waals surface area (Å²) in [5.74, 6) is 1.28. The van der Waals surface area contributed by atoms with E-state index in [0.29, 0.717) is 27.4 Å². The van der Waals surface area contributed by atoms with Crippen LogP contribution in [0.15, 0.2) is 30.5 Å². The lowest BCUT2D eigenvalue weighted by Gasteiger charge is -2.11. The SMILES string of the molecule is CCCNc1ccc(COc2c(Cl)cc(Cl)cc2Cl)cn1. The number of aromatic nitrogens is 1. The molecular weight excluding hydrogens is 331 g/mol. The molecule has 1 heterocycles. The van der Waals surface area contributed by atoms with Gasteiger partial charge in [-0.3, -0.25) is 0 Å². The van der Waals surface area contributed by atoms with Gasteiger partial charge in [0.05, 0.1) is 10.0 Å². The van der Waals surface area contributed by atoms with Crippen LogP contribution in [0.5, 0.6) is 5.75 Å². The van der Waals surface area contributed by atoms with Gasteiger partial charge in [0.2, 0.25) is 0 Å². The lowest BCUT2D eigenvalue weighted by Crippen LogP contribution is -2.03. The van der Waals surface area contributed by atoms with E-state index >= 15 is 0 Å². The molecule has 1 aromatic carbocycles. The van der Waals surface area contributed by atoms with Crippen LogP contribution < -0.4 is 10.1 Å². The second-order valence-electron chi connectivity index (χ2n) is 4.47. The van der Waals surface area contributed by atoms with Crippen molar-refractivity contribution in [3.63, 3.8) is 0 Å². The van der Waals surface area contributed by atoms with Crippen molar-refractivity contribution in [2.24, 2.45) is 0 Å². The van der Waals surface area contributed by atoms with E-state index in [4.69, 9.17) is 39.5 Å². The second-order valence-corrected chi connectivity index (χ2v) is 5.72. The van der Waals surface area contributed by atoms with E-state index in [0.717, 1.165) is 24.3 Å². The molecule has 1 aromatic heterocycles. The molecule has 0 fully saturated rings. The summed E-state index contributed by atoms with van der Waals surface area (Å²) < 4.78 is 5.65. The van der Waals surface area contributed by atoms with E-state index in [1.807, 2.05) is 12.1 Å². The highest BCUT2D eigenvalue weighted by atomic mass is 35.5. The Morgan fingerprint density at radius 2 is 1.86 bits per heavy atom. The van der Waals surface area contributed by atoms with E-state index < -0.39 is 0 Å². The molecule has 0 radical (unpaired) electrons. The number of ether oxygens (including phenoxy) is 1. The molecule has 0 spiro atoms. The van der Waals surface area contributed by atoms with E-state index in [2.05, 4.69) is 17.2 Å². The summed E-state index contributed by atoms with van der Waals surface area (Å²) in [6.45, 7) is 3.34. The first-order valence-electron chi connectivity index (χ1n) is 6.56. The van der Waals surface area contributed by atoms with Gasteiger partial charge in [-0.1, -0.05) is 47.8 Å². The summed E-state index contributed by atoms with van der Waals surface area (Å²) >= 11 is 18.0. The van der Waals surface area contributed by atoms with E-state index in [1.165, 1.54) is 0 Å². The molecule has 2 aromatic rings. The third kappa shape index (κ3) is 4.67. The average Bonchev–Trinajstić information content (AvgIpc) is 2.45. The molecule has 3 nitrogen and oxygen atoms in total. The number of anilines is 1. The maximum Gasteiger partial charge on any atom is 0.157 e. The number of nitrogens with one attached hydrogen (secondary N) is 1. The number of pyridine rings is 1. The van der Waals surface area contributed by atoms with Gasteiger partial charge in [0.25, 0.3) is 0 Å². The molecule has 21 heavy (non-hydrogen) atoms. The fourth-order valence-corrected chi connectivity index (χ4v) is 2.62. The molecule has 0 atom stereocenters. The maximum absolute atomic E-state index is 6.06. The number of halogens is 3. The molecule has 0 aliphatic rings. The number of hydrogen-bond donors (Lipinski definition) is 1. The Balaban J connectivity index is 2.00. The fraction of sp³-hybridized carbons (Fsp3) is 0.267. The van der Waals surface area contributed by atoms with Crippen molar-refractivity contribution >= 4 is 40.6 Å². The Labute approximate surface area is 139 Å². The van der Waals surface area contributed by atoms with Crippen LogP contribution in [0.2, 0.25) is 15.1 Å². The zero-order valence-electron chi connectivity index (χ0n) is 11.5. The van der Waals surface area contributed by atoms with Gasteiger partial charge in [-0.2, -0.15) is 0 Å². The zero-order valence-corrected chi connectivity index (χ0v) is 13.8. The molecule has 0 bridgehead atoms. The lowest BCUT2D eigenvalue weighted by atomic mass is 10.3. The van der Waals surface area contributed by atoms with Crippen LogP contribution in [-0.2, 0) is 6.61 Å². The second kappa shape index (κ2) is 7.74. The van der Waals surface area contributed by atoms with Crippen molar-refractivity contribution in [2.75, 3.05) is 11.9 Å². The van der Waals surface area contributed by atoms with Crippen molar-refractivity contribution in [1.82, 2.24) is 4.98 Å². The summed E-state index contributed by atoms with van der Waals surface area (Å²) in [4.78, 5) is 4.31. The van der Waals surface area contributed by atoms with Crippen LogP contribution in [0, 0.1) is 0 Å². The summed E-state index contributed by atoms with van der Waals surface area (Å²) in [7, 11) is 0. The fourth-order valence-electron chi connectivity index (χ4n) is 1.69. The third-order valence-corrected chi connectivity index (χ3v) is 3.51. The van der Waals surface area contributed by atoms with Crippen LogP contribution >= 0.6 is 34.8 Å². The van der Waals surface area contributed by atoms with Crippen LogP contribution in [0.3, 0.4) is 0 Å². The van der Waals surface area contributed by atoms with Crippen molar-refractivity contribution in [3.8, 4) is 5.75 Å². The first-order valence-corrected chi connectivity index (χ1v) is 7.69. The van der Waals surface area contributed by atoms with Crippen LogP contribution in [0.1, 0.15) is 18.9 Å². The summed E-state index contributed by atoms with van der Waals surface area (Å²) in [5, 5.41) is 4.47. The molecule has 0 saturated carbocycles. The van der Waals surface area contributed by atoms with Gasteiger partial charge in [-0.25, -0.2) is 4.98 Å². The predicted molar refractivity (Wildman–Crippen MR) is 88.8 cm³/mol. The first-order chi connectivity index (χ1) is 10.1. The predicted octanol–water partition coefficient (Wildman–Crippen LogP) is 5.44. The number of hydrogen-bond acceptors (Lipinski definition) is 3. The Hall–Kier alpha value is -1.16. The van der Waals surface area contributed by atoms with Crippen molar-refractivity contribution in [3.05, 3.63) is 51.1 Å². The van der Waals surface area contributed by atoms with Gasteiger partial charge in [-0.05, 0) is 24.6 Å². The molecular formula is C15H15Cl3N2O. The molecule has 0 amide bonds. The highest BCUT2D eigenvalue weighted by Gasteiger charge is 2.09. The minimum absolute atomic E-state index is 0.335. The number of benzene rings is 1. The van der Waals surface area contributed by atoms with Gasteiger partial charge in [0.15, 0.2) is 5.75 Å². The number of nitrogens with zero attached hydrogens (tertiary/aromatic N) is 1. The van der Waals surface area contributed by atoms with Gasteiger partial charge in [-0.15, -0.1) is 0 Å². The topological polar surface area (TPSA) is 34.1 Å². The van der Waals surface area contributed by atoms with Gasteiger partial charge < -0.3 is 10.1 Å². The molecule has 1 N–H and O–H groups in total. The van der Waals surface area contributed by atoms with E-state index in [1.54, 1.807) is 18.3 Å². The Bertz CT molecular complexity index is 579. The van der Waals surface area contributed by atoms with E-state index in [-0.39, 0.29) is 0 Å². The third-order valence-electron chi connectivity index (χ3n) is 2.73. The Kier molecular flexibility index (Phi) is 5.97. The largest absolute Gasteiger partial charge is 0.486 e. The molecule has 0 aliphatic carbocycles. The standard InChI is InChI=1S/C15H15Cl3N2O/c1-2-5-19-14-4-3-10(8-20-14)9-21-15-12(17)6-11(16)7-13(15)18/h3-4,6-8H,2,5,9H2,1H3,(H,19,20). The van der Waals surface area contributed by atoms with Crippen molar-refractivity contribution in [2.45, 2.75) is 20.0 Å². The van der Waals surface area contributed by atoms with Gasteiger partial charge in [0.1, 0.15) is 12.4 Å². The van der Waals surface area contributed by atoms with Gasteiger partial charge >= 0.3 is 0 Å². The normalized spacial score (nSPS) is 10.5. The summed E-state index contributed by atoms with van der Waals surface area (Å²) in [6, 6.07) is 7.06. The molecule has 0 saturated heterocycles. The first kappa shape index (κ1) is 16.2. The molecule has 2 rings (SSSR count). The summed E-state index contributed by atoms with van der Waals surface area (Å²) in [5.41, 5.74) is 0.930. The molecule has 0 unspecified atom stereocenters. The van der Waals surface area contributed by atoms with Crippen LogP contribution in [0.25, 0.3) is 0 Å². The molecule has 112 valence electrons. The highest BCUT2D eigenvalue weighted by Crippen LogP contribution is 2.36. The highest BCUT2D eigenvalue weighted by molar-refractivity contribution is 6.40. The average molecular weight is 346 g/mol. The molecule has 0 aliphatic heterocycles. The van der Waals surface area contributed by atoms with Crippen molar-refractivity contribution in [1.29, 1.82) is 0 Å². The Morgan fingerprint density at radius 1 is 1.14 bits per heavy atom. The van der Waals surface area contributed by atoms with E-state index in [9.17, 15) is 0 Å². The minimum Gasteiger partial charge on any atom is -0.486 e. The van der Waals surface area contributed by atoms with Crippen LogP contribution in [0.4, 0.5) is 5.82 Å². The smallest absolute Gasteiger partial charge is 0.157 e. The quantitative estimate of drug-likeness (QED) is 0.756. The van der Waals surface area contributed by atoms with Gasteiger partial charge in [0, 0.05) is 23.3 Å².